The minimum Gasteiger partial charge on any atom is -0.321 e. The Morgan fingerprint density at radius 1 is 1.17 bits per heavy atom. The highest BCUT2D eigenvalue weighted by molar-refractivity contribution is 9.10. The molecular weight excluding hydrogens is 378 g/mol. The minimum absolute atomic E-state index is 0.125. The van der Waals surface area contributed by atoms with Crippen molar-refractivity contribution in [1.29, 1.82) is 0 Å². The van der Waals surface area contributed by atoms with Crippen LogP contribution in [0.1, 0.15) is 16.7 Å². The molecule has 1 N–H and O–H groups in total. The fourth-order valence-corrected chi connectivity index (χ4v) is 4.28. The first-order valence-electron chi connectivity index (χ1n) is 6.96. The lowest BCUT2D eigenvalue weighted by Crippen LogP contribution is -2.08. The molecule has 23 heavy (non-hydrogen) atoms. The number of hydrogen-bond donors (Lipinski definition) is 1. The van der Waals surface area contributed by atoms with Crippen molar-refractivity contribution in [3.8, 4) is 0 Å². The number of carbonyl (C=O) groups excluding carboxylic acids is 1. The highest BCUT2D eigenvalue weighted by atomic mass is 79.9. The van der Waals surface area contributed by atoms with E-state index in [1.807, 2.05) is 19.1 Å². The summed E-state index contributed by atoms with van der Waals surface area (Å²) in [6.45, 7) is 1.87. The van der Waals surface area contributed by atoms with Crippen LogP contribution in [0.3, 0.4) is 0 Å². The SMILES string of the molecule is Cc1ccccc1CS(=O)(=O)C=C1C(=O)Nc2ccc(Br)cc21. The van der Waals surface area contributed by atoms with Gasteiger partial charge in [0, 0.05) is 21.1 Å². The molecule has 3 rings (SSSR count). The fraction of sp³-hybridized carbons (Fsp3) is 0.118. The van der Waals surface area contributed by atoms with Crippen molar-refractivity contribution in [2.24, 2.45) is 0 Å². The third-order valence-corrected chi connectivity index (χ3v) is 5.48. The van der Waals surface area contributed by atoms with Crippen LogP contribution < -0.4 is 5.32 Å². The highest BCUT2D eigenvalue weighted by Gasteiger charge is 2.26. The van der Waals surface area contributed by atoms with Crippen molar-refractivity contribution < 1.29 is 13.2 Å². The van der Waals surface area contributed by atoms with E-state index in [9.17, 15) is 13.2 Å². The summed E-state index contributed by atoms with van der Waals surface area (Å²) in [5, 5.41) is 3.76. The van der Waals surface area contributed by atoms with Crippen molar-refractivity contribution in [1.82, 2.24) is 0 Å². The Labute approximate surface area is 143 Å². The average Bonchev–Trinajstić information content (AvgIpc) is 2.77. The normalized spacial score (nSPS) is 15.6. The van der Waals surface area contributed by atoms with Crippen LogP contribution in [-0.2, 0) is 20.4 Å². The summed E-state index contributed by atoms with van der Waals surface area (Å²) < 4.78 is 25.7. The number of halogens is 1. The molecule has 1 heterocycles. The van der Waals surface area contributed by atoms with Gasteiger partial charge in [-0.1, -0.05) is 40.2 Å². The third-order valence-electron chi connectivity index (χ3n) is 3.68. The second-order valence-corrected chi connectivity index (χ2v) is 8.18. The van der Waals surface area contributed by atoms with E-state index in [2.05, 4.69) is 21.2 Å². The molecule has 0 aliphatic carbocycles. The third kappa shape index (κ3) is 3.38. The van der Waals surface area contributed by atoms with Crippen molar-refractivity contribution in [3.63, 3.8) is 0 Å². The summed E-state index contributed by atoms with van der Waals surface area (Å²) in [6.07, 6.45) is 0. The minimum atomic E-state index is -3.57. The number of hydrogen-bond acceptors (Lipinski definition) is 3. The van der Waals surface area contributed by atoms with Crippen molar-refractivity contribution in [2.45, 2.75) is 12.7 Å². The first kappa shape index (κ1) is 16.0. The molecule has 0 spiro atoms. The van der Waals surface area contributed by atoms with Crippen molar-refractivity contribution >= 4 is 42.9 Å². The second kappa shape index (κ2) is 5.94. The molecule has 2 aromatic carbocycles. The van der Waals surface area contributed by atoms with Gasteiger partial charge in [0.05, 0.1) is 11.3 Å². The monoisotopic (exact) mass is 391 g/mol. The van der Waals surface area contributed by atoms with Gasteiger partial charge in [-0.25, -0.2) is 8.42 Å². The standard InChI is InChI=1S/C17H14BrNO3S/c1-11-4-2-3-5-12(11)9-23(21,22)10-15-14-8-13(18)6-7-16(14)19-17(15)20/h2-8,10H,9H2,1H3,(H,19,20). The van der Waals surface area contributed by atoms with Gasteiger partial charge in [-0.3, -0.25) is 4.79 Å². The molecule has 1 amide bonds. The summed E-state index contributed by atoms with van der Waals surface area (Å²) in [4.78, 5) is 12.1. The lowest BCUT2D eigenvalue weighted by Gasteiger charge is -2.05. The summed E-state index contributed by atoms with van der Waals surface area (Å²) >= 11 is 3.34. The first-order chi connectivity index (χ1) is 10.9. The maximum atomic E-state index is 12.5. The number of sulfone groups is 1. The highest BCUT2D eigenvalue weighted by Crippen LogP contribution is 2.34. The first-order valence-corrected chi connectivity index (χ1v) is 9.47. The molecule has 1 aliphatic rings. The average molecular weight is 392 g/mol. The quantitative estimate of drug-likeness (QED) is 0.811. The molecule has 0 atom stereocenters. The molecule has 0 unspecified atom stereocenters. The van der Waals surface area contributed by atoms with E-state index in [-0.39, 0.29) is 11.3 Å². The van der Waals surface area contributed by atoms with Crippen LogP contribution in [0.5, 0.6) is 0 Å². The molecule has 0 bridgehead atoms. The van der Waals surface area contributed by atoms with Crippen LogP contribution in [0.25, 0.3) is 5.57 Å². The molecule has 0 aromatic heterocycles. The maximum absolute atomic E-state index is 12.5. The van der Waals surface area contributed by atoms with Crippen LogP contribution in [0.2, 0.25) is 0 Å². The number of fused-ring (bicyclic) bond motifs is 1. The molecule has 0 saturated carbocycles. The molecule has 0 saturated heterocycles. The Bertz CT molecular complexity index is 933. The zero-order valence-electron chi connectivity index (χ0n) is 12.3. The summed E-state index contributed by atoms with van der Waals surface area (Å²) in [5.74, 6) is -0.522. The van der Waals surface area contributed by atoms with E-state index in [1.54, 1.807) is 30.3 Å². The molecule has 0 fully saturated rings. The summed E-state index contributed by atoms with van der Waals surface area (Å²) in [6, 6.07) is 12.6. The van der Waals surface area contributed by atoms with E-state index in [4.69, 9.17) is 0 Å². The van der Waals surface area contributed by atoms with Gasteiger partial charge in [-0.2, -0.15) is 0 Å². The summed E-state index contributed by atoms with van der Waals surface area (Å²) in [7, 11) is -3.57. The van der Waals surface area contributed by atoms with Crippen LogP contribution in [0.15, 0.2) is 52.3 Å². The zero-order valence-corrected chi connectivity index (χ0v) is 14.7. The number of anilines is 1. The number of aryl methyl sites for hydroxylation is 1. The van der Waals surface area contributed by atoms with E-state index in [0.29, 0.717) is 11.3 Å². The van der Waals surface area contributed by atoms with Gasteiger partial charge >= 0.3 is 0 Å². The Hall–Kier alpha value is -1.92. The number of carbonyl (C=O) groups is 1. The van der Waals surface area contributed by atoms with Crippen LogP contribution in [0.4, 0.5) is 5.69 Å². The molecular formula is C17H14BrNO3S. The molecule has 1 aliphatic heterocycles. The van der Waals surface area contributed by atoms with E-state index in [1.165, 1.54) is 0 Å². The predicted molar refractivity (Wildman–Crippen MR) is 94.6 cm³/mol. The van der Waals surface area contributed by atoms with Crippen molar-refractivity contribution in [2.75, 3.05) is 5.32 Å². The van der Waals surface area contributed by atoms with Gasteiger partial charge < -0.3 is 5.32 Å². The topological polar surface area (TPSA) is 63.2 Å². The van der Waals surface area contributed by atoms with Gasteiger partial charge in [0.25, 0.3) is 5.91 Å². The Balaban J connectivity index is 2.00. The molecule has 6 heteroatoms. The molecule has 2 aromatic rings. The molecule has 0 radical (unpaired) electrons. The van der Waals surface area contributed by atoms with E-state index in [0.717, 1.165) is 21.0 Å². The Kier molecular flexibility index (Phi) is 4.12. The second-order valence-electron chi connectivity index (χ2n) is 5.41. The maximum Gasteiger partial charge on any atom is 0.257 e. The lowest BCUT2D eigenvalue weighted by atomic mass is 10.1. The van der Waals surface area contributed by atoms with E-state index < -0.39 is 15.7 Å². The predicted octanol–water partition coefficient (Wildman–Crippen LogP) is 3.67. The number of rotatable bonds is 3. The van der Waals surface area contributed by atoms with Crippen LogP contribution in [0, 0.1) is 6.92 Å². The van der Waals surface area contributed by atoms with Gasteiger partial charge in [-0.05, 0) is 36.2 Å². The number of amides is 1. The summed E-state index contributed by atoms with van der Waals surface area (Å²) in [5.41, 5.74) is 3.04. The van der Waals surface area contributed by atoms with E-state index >= 15 is 0 Å². The molecule has 118 valence electrons. The van der Waals surface area contributed by atoms with Gasteiger partial charge in [0.15, 0.2) is 9.84 Å². The number of nitrogens with one attached hydrogen (secondary N) is 1. The van der Waals surface area contributed by atoms with Crippen LogP contribution >= 0.6 is 15.9 Å². The Morgan fingerprint density at radius 2 is 1.91 bits per heavy atom. The fourth-order valence-electron chi connectivity index (χ4n) is 2.49. The van der Waals surface area contributed by atoms with Crippen molar-refractivity contribution in [3.05, 3.63) is 69.0 Å². The van der Waals surface area contributed by atoms with Crippen LogP contribution in [-0.4, -0.2) is 14.3 Å². The zero-order chi connectivity index (χ0) is 16.6. The van der Waals surface area contributed by atoms with Gasteiger partial charge in [-0.15, -0.1) is 0 Å². The van der Waals surface area contributed by atoms with Gasteiger partial charge in [0.2, 0.25) is 0 Å². The lowest BCUT2D eigenvalue weighted by molar-refractivity contribution is -0.110. The number of benzene rings is 2. The smallest absolute Gasteiger partial charge is 0.257 e. The Morgan fingerprint density at radius 3 is 2.65 bits per heavy atom. The largest absolute Gasteiger partial charge is 0.321 e. The molecule has 4 nitrogen and oxygen atoms in total. The van der Waals surface area contributed by atoms with Gasteiger partial charge in [0.1, 0.15) is 0 Å².